The Morgan fingerprint density at radius 3 is 2.25 bits per heavy atom. The number of allylic oxidation sites excluding steroid dienone is 2. The molecule has 0 radical (unpaired) electrons. The lowest BCUT2D eigenvalue weighted by Gasteiger charge is -2.50. The van der Waals surface area contributed by atoms with Crippen LogP contribution in [0.15, 0.2) is 72.3 Å². The lowest BCUT2D eigenvalue weighted by Crippen LogP contribution is -2.53. The maximum atomic E-state index is 15.2. The van der Waals surface area contributed by atoms with Crippen LogP contribution in [-0.4, -0.2) is 59.4 Å². The van der Waals surface area contributed by atoms with Crippen molar-refractivity contribution in [2.45, 2.75) is 31.1 Å². The molecule has 3 aromatic rings. The number of rotatable bonds is 7. The number of fused-ring (bicyclic) bond motifs is 4. The van der Waals surface area contributed by atoms with Gasteiger partial charge in [0.2, 0.25) is 11.8 Å². The number of likely N-dealkylation sites (tertiary alicyclic amines) is 1. The Labute approximate surface area is 287 Å². The minimum atomic E-state index is -1.58. The molecule has 6 atom stereocenters. The van der Waals surface area contributed by atoms with Crippen LogP contribution in [0.1, 0.15) is 36.8 Å². The van der Waals surface area contributed by atoms with Crippen LogP contribution in [-0.2, 0) is 24.6 Å². The molecule has 0 bridgehead atoms. The van der Waals surface area contributed by atoms with Crippen molar-refractivity contribution in [3.8, 4) is 17.2 Å². The van der Waals surface area contributed by atoms with Gasteiger partial charge < -0.3 is 14.6 Å². The second-order valence-corrected chi connectivity index (χ2v) is 13.4. The number of benzene rings is 3. The van der Waals surface area contributed by atoms with Gasteiger partial charge >= 0.3 is 0 Å². The zero-order chi connectivity index (χ0) is 34.1. The third-order valence-corrected chi connectivity index (χ3v) is 11.1. The first-order valence-corrected chi connectivity index (χ1v) is 16.5. The molecule has 7 rings (SSSR count). The van der Waals surface area contributed by atoms with Gasteiger partial charge in [0.1, 0.15) is 17.2 Å². The SMILES string of the molecule is CCN1C(=O)C2CC=C3C(CC4C(=O)N(Nc5ccc(Cl)cc5Cl)C(=O)C4(c4ccc(OC)cc4)C3c3ccc(OC)cc3O)C2C1=O. The van der Waals surface area contributed by atoms with Crippen LogP contribution in [0.5, 0.6) is 17.2 Å². The van der Waals surface area contributed by atoms with E-state index in [0.717, 1.165) is 10.6 Å². The van der Waals surface area contributed by atoms with Crippen LogP contribution < -0.4 is 14.9 Å². The molecule has 248 valence electrons. The molecule has 2 aliphatic heterocycles. The van der Waals surface area contributed by atoms with E-state index in [1.165, 1.54) is 31.3 Å². The highest BCUT2D eigenvalue weighted by molar-refractivity contribution is 6.36. The van der Waals surface area contributed by atoms with Gasteiger partial charge in [0, 0.05) is 29.1 Å². The Balaban J connectivity index is 1.48. The summed E-state index contributed by atoms with van der Waals surface area (Å²) in [5, 5.41) is 13.2. The summed E-state index contributed by atoms with van der Waals surface area (Å²) in [5.74, 6) is -4.48. The first-order valence-electron chi connectivity index (χ1n) is 15.7. The van der Waals surface area contributed by atoms with E-state index >= 15 is 4.79 Å². The van der Waals surface area contributed by atoms with Crippen LogP contribution in [0.25, 0.3) is 0 Å². The van der Waals surface area contributed by atoms with E-state index in [1.54, 1.807) is 55.5 Å². The summed E-state index contributed by atoms with van der Waals surface area (Å²) in [6, 6.07) is 16.5. The maximum Gasteiger partial charge on any atom is 0.260 e. The lowest BCUT2D eigenvalue weighted by molar-refractivity contribution is -0.141. The van der Waals surface area contributed by atoms with Crippen LogP contribution >= 0.6 is 23.2 Å². The number of anilines is 1. The number of halogens is 2. The third kappa shape index (κ3) is 4.53. The van der Waals surface area contributed by atoms with E-state index in [1.807, 2.05) is 6.08 Å². The molecule has 10 nitrogen and oxygen atoms in total. The number of imide groups is 2. The average molecular weight is 691 g/mol. The van der Waals surface area contributed by atoms with Crippen LogP contribution in [0, 0.1) is 23.7 Å². The molecule has 3 aromatic carbocycles. The largest absolute Gasteiger partial charge is 0.508 e. The minimum absolute atomic E-state index is 0.125. The number of phenols is 1. The van der Waals surface area contributed by atoms with Crippen molar-refractivity contribution in [1.82, 2.24) is 9.91 Å². The van der Waals surface area contributed by atoms with E-state index in [4.69, 9.17) is 32.7 Å². The number of phenolic OH excluding ortho intramolecular Hbond substituents is 1. The Morgan fingerprint density at radius 2 is 1.60 bits per heavy atom. The first kappa shape index (κ1) is 32.0. The number of nitrogens with one attached hydrogen (secondary N) is 1. The van der Waals surface area contributed by atoms with Gasteiger partial charge in [-0.3, -0.25) is 29.5 Å². The zero-order valence-electron chi connectivity index (χ0n) is 26.4. The summed E-state index contributed by atoms with van der Waals surface area (Å²) in [4.78, 5) is 58.5. The second kappa shape index (κ2) is 11.9. The van der Waals surface area contributed by atoms with Gasteiger partial charge in [0.05, 0.1) is 48.1 Å². The molecule has 1 saturated carbocycles. The highest BCUT2D eigenvalue weighted by Gasteiger charge is 2.70. The second-order valence-electron chi connectivity index (χ2n) is 12.6. The van der Waals surface area contributed by atoms with Crippen molar-refractivity contribution in [3.05, 3.63) is 93.5 Å². The van der Waals surface area contributed by atoms with Gasteiger partial charge in [-0.2, -0.15) is 5.01 Å². The van der Waals surface area contributed by atoms with Gasteiger partial charge in [-0.1, -0.05) is 53.1 Å². The normalized spacial score (nSPS) is 27.8. The van der Waals surface area contributed by atoms with E-state index in [9.17, 15) is 19.5 Å². The number of amides is 4. The zero-order valence-corrected chi connectivity index (χ0v) is 27.9. The van der Waals surface area contributed by atoms with Crippen molar-refractivity contribution in [2.75, 3.05) is 26.2 Å². The van der Waals surface area contributed by atoms with E-state index < -0.39 is 46.8 Å². The number of hydrazine groups is 1. The molecule has 2 saturated heterocycles. The number of hydrogen-bond acceptors (Lipinski definition) is 8. The molecular weight excluding hydrogens is 657 g/mol. The van der Waals surface area contributed by atoms with E-state index in [2.05, 4.69) is 5.43 Å². The minimum Gasteiger partial charge on any atom is -0.508 e. The summed E-state index contributed by atoms with van der Waals surface area (Å²) in [6.07, 6.45) is 2.36. The molecular formula is C36H33Cl2N3O7. The van der Waals surface area contributed by atoms with Gasteiger partial charge in [0.15, 0.2) is 0 Å². The van der Waals surface area contributed by atoms with Crippen molar-refractivity contribution < 1.29 is 33.8 Å². The lowest BCUT2D eigenvalue weighted by atomic mass is 9.49. The topological polar surface area (TPSA) is 125 Å². The van der Waals surface area contributed by atoms with Crippen molar-refractivity contribution >= 4 is 52.5 Å². The number of nitrogens with zero attached hydrogens (tertiary/aromatic N) is 2. The summed E-state index contributed by atoms with van der Waals surface area (Å²) in [5.41, 5.74) is 3.33. The van der Waals surface area contributed by atoms with Crippen molar-refractivity contribution in [2.24, 2.45) is 23.7 Å². The van der Waals surface area contributed by atoms with Crippen molar-refractivity contribution in [3.63, 3.8) is 0 Å². The summed E-state index contributed by atoms with van der Waals surface area (Å²) in [7, 11) is 3.02. The molecule has 6 unspecified atom stereocenters. The molecule has 2 N–H and O–H groups in total. The summed E-state index contributed by atoms with van der Waals surface area (Å²) >= 11 is 12.6. The molecule has 0 spiro atoms. The van der Waals surface area contributed by atoms with Crippen LogP contribution in [0.3, 0.4) is 0 Å². The average Bonchev–Trinajstić information content (AvgIpc) is 3.46. The predicted molar refractivity (Wildman–Crippen MR) is 178 cm³/mol. The quantitative estimate of drug-likeness (QED) is 0.238. The Hall–Kier alpha value is -4.54. The summed E-state index contributed by atoms with van der Waals surface area (Å²) < 4.78 is 10.8. The molecule has 12 heteroatoms. The van der Waals surface area contributed by atoms with Gasteiger partial charge in [-0.05, 0) is 67.6 Å². The number of methoxy groups -OCH3 is 2. The number of ether oxygens (including phenoxy) is 2. The fraction of sp³-hybridized carbons (Fsp3) is 0.333. The Morgan fingerprint density at radius 1 is 0.896 bits per heavy atom. The Kier molecular flexibility index (Phi) is 7.91. The number of aromatic hydroxyl groups is 1. The maximum absolute atomic E-state index is 15.2. The third-order valence-electron chi connectivity index (χ3n) is 10.5. The number of carbonyl (C=O) groups is 4. The smallest absolute Gasteiger partial charge is 0.260 e. The van der Waals surface area contributed by atoms with Crippen molar-refractivity contribution in [1.29, 1.82) is 0 Å². The molecule has 0 aromatic heterocycles. The fourth-order valence-corrected chi connectivity index (χ4v) is 8.91. The summed E-state index contributed by atoms with van der Waals surface area (Å²) in [6.45, 7) is 2.01. The molecule has 3 fully saturated rings. The predicted octanol–water partition coefficient (Wildman–Crippen LogP) is 5.72. The molecule has 4 amide bonds. The van der Waals surface area contributed by atoms with Crippen LogP contribution in [0.4, 0.5) is 5.69 Å². The molecule has 2 heterocycles. The monoisotopic (exact) mass is 689 g/mol. The number of hydrogen-bond donors (Lipinski definition) is 2. The highest BCUT2D eigenvalue weighted by atomic mass is 35.5. The van der Waals surface area contributed by atoms with E-state index in [0.29, 0.717) is 39.8 Å². The highest BCUT2D eigenvalue weighted by Crippen LogP contribution is 2.65. The fourth-order valence-electron chi connectivity index (χ4n) is 8.46. The van der Waals surface area contributed by atoms with Gasteiger partial charge in [-0.15, -0.1) is 0 Å². The Bertz CT molecular complexity index is 1900. The van der Waals surface area contributed by atoms with E-state index in [-0.39, 0.29) is 35.6 Å². The molecule has 48 heavy (non-hydrogen) atoms. The molecule has 4 aliphatic rings. The standard InChI is InChI=1S/C36H33Cl2N3O7/c1-4-40-32(43)24-13-12-22-25(30(24)34(40)45)17-26-33(44)41(39-28-14-7-19(37)15-27(28)38)35(46)36(26,18-5-8-20(47-2)9-6-18)31(22)23-11-10-21(48-3)16-29(23)42/h5-12,14-16,24-26,30-31,39,42H,4,13,17H2,1-3H3. The first-order chi connectivity index (χ1) is 23.1. The van der Waals surface area contributed by atoms with Crippen LogP contribution in [0.2, 0.25) is 10.0 Å². The van der Waals surface area contributed by atoms with Gasteiger partial charge in [0.25, 0.3) is 11.8 Å². The van der Waals surface area contributed by atoms with Gasteiger partial charge in [-0.25, -0.2) is 0 Å². The molecule has 2 aliphatic carbocycles. The number of carbonyl (C=O) groups excluding carboxylic acids is 4.